The van der Waals surface area contributed by atoms with Crippen LogP contribution in [0.1, 0.15) is 16.7 Å². The summed E-state index contributed by atoms with van der Waals surface area (Å²) in [7, 11) is 6.72. The maximum atomic E-state index is 11.5. The minimum atomic E-state index is -3.00. The average Bonchev–Trinajstić information content (AvgIpc) is 3.08. The molecule has 14 heteroatoms. The van der Waals surface area contributed by atoms with Crippen LogP contribution in [-0.4, -0.2) is 150 Å². The van der Waals surface area contributed by atoms with Crippen molar-refractivity contribution < 1.29 is 23.5 Å². The van der Waals surface area contributed by atoms with Crippen LogP contribution in [-0.2, 0) is 9.09 Å². The summed E-state index contributed by atoms with van der Waals surface area (Å²) in [5.41, 5.74) is 8.67. The maximum Gasteiger partial charge on any atom is 0.211 e. The highest BCUT2D eigenvalue weighted by Crippen LogP contribution is 2.35. The Morgan fingerprint density at radius 2 is 1.35 bits per heavy atom. The van der Waals surface area contributed by atoms with Crippen molar-refractivity contribution in [1.82, 2.24) is 20.4 Å². The third-order valence-electron chi connectivity index (χ3n) is 8.18. The molecule has 4 N–H and O–H groups in total. The molecule has 292 valence electrons. The lowest BCUT2D eigenvalue weighted by molar-refractivity contribution is -0.462. The molecule has 0 amide bonds. The number of hydrogen-bond donors (Lipinski definition) is 4. The molecule has 0 aromatic heterocycles. The summed E-state index contributed by atoms with van der Waals surface area (Å²) in [5.74, 6) is 0. The first-order chi connectivity index (χ1) is 24.2. The molecule has 1 saturated heterocycles. The van der Waals surface area contributed by atoms with Gasteiger partial charge in [-0.25, -0.2) is 4.58 Å². The first-order valence-corrected chi connectivity index (χ1v) is 23.1. The Bertz CT molecular complexity index is 1440. The molecule has 0 saturated carbocycles. The van der Waals surface area contributed by atoms with Crippen molar-refractivity contribution in [2.45, 2.75) is 6.92 Å². The number of nitrogens with zero attached hydrogens (tertiary/aromatic N) is 4. The van der Waals surface area contributed by atoms with Crippen molar-refractivity contribution in [3.63, 3.8) is 0 Å². The molecule has 1 fully saturated rings. The zero-order valence-corrected chi connectivity index (χ0v) is 37.3. The molecule has 2 aliphatic rings. The van der Waals surface area contributed by atoms with Gasteiger partial charge in [0.15, 0.2) is 5.71 Å². The summed E-state index contributed by atoms with van der Waals surface area (Å²) < 4.78 is 18.2. The van der Waals surface area contributed by atoms with Crippen LogP contribution >= 0.6 is 34.2 Å². The highest BCUT2D eigenvalue weighted by Gasteiger charge is 2.17. The fourth-order valence-electron chi connectivity index (χ4n) is 5.44. The van der Waals surface area contributed by atoms with Crippen LogP contribution in [0.4, 0.5) is 5.69 Å². The van der Waals surface area contributed by atoms with Crippen LogP contribution < -0.4 is 15.5 Å². The first kappa shape index (κ1) is 48.4. The van der Waals surface area contributed by atoms with Crippen molar-refractivity contribution in [2.75, 3.05) is 125 Å². The number of benzene rings is 2. The van der Waals surface area contributed by atoms with Crippen LogP contribution in [0.15, 0.2) is 78.4 Å². The van der Waals surface area contributed by atoms with Crippen molar-refractivity contribution in [2.24, 2.45) is 0 Å². The lowest BCUT2D eigenvalue weighted by Gasteiger charge is -2.27. The minimum Gasteiger partial charge on any atom is -0.378 e. The molecule has 4 atom stereocenters. The van der Waals surface area contributed by atoms with Gasteiger partial charge in [-0.05, 0) is 66.8 Å². The van der Waals surface area contributed by atoms with Crippen LogP contribution in [0.5, 0.6) is 0 Å². The Balaban J connectivity index is 0.000000472. The van der Waals surface area contributed by atoms with E-state index in [0.29, 0.717) is 8.81 Å². The van der Waals surface area contributed by atoms with E-state index in [1.54, 1.807) is 7.11 Å². The van der Waals surface area contributed by atoms with Gasteiger partial charge >= 0.3 is 0 Å². The summed E-state index contributed by atoms with van der Waals surface area (Å²) >= 11 is 0. The van der Waals surface area contributed by atoms with Gasteiger partial charge in [0.25, 0.3) is 0 Å². The van der Waals surface area contributed by atoms with Crippen LogP contribution in [0.2, 0.25) is 0 Å². The van der Waals surface area contributed by atoms with E-state index in [0.717, 1.165) is 58.6 Å². The molecule has 1 aliphatic heterocycles. The Morgan fingerprint density at radius 1 is 0.904 bits per heavy atom. The zero-order valence-electron chi connectivity index (χ0n) is 33.1. The van der Waals surface area contributed by atoms with Gasteiger partial charge in [-0.2, -0.15) is 9.90 Å². The molecule has 4 unspecified atom stereocenters. The Kier molecular flexibility index (Phi) is 24.4. The average molecular weight is 796 g/mol. The van der Waals surface area contributed by atoms with Crippen molar-refractivity contribution >= 4 is 51.2 Å². The molecule has 0 radical (unpaired) electrons. The number of allylic oxidation sites excluding steroid dienone is 5. The predicted octanol–water partition coefficient (Wildman–Crippen LogP) is 5.23. The van der Waals surface area contributed by atoms with Crippen LogP contribution in [0.3, 0.4) is 0 Å². The Labute approximate surface area is 321 Å². The topological polar surface area (TPSA) is 104 Å². The van der Waals surface area contributed by atoms with E-state index in [4.69, 9.17) is 0 Å². The van der Waals surface area contributed by atoms with E-state index >= 15 is 0 Å². The Morgan fingerprint density at radius 3 is 1.73 bits per heavy atom. The lowest BCUT2D eigenvalue weighted by Crippen LogP contribution is -2.43. The van der Waals surface area contributed by atoms with E-state index < -0.39 is 15.5 Å². The second-order valence-electron chi connectivity index (χ2n) is 13.3. The predicted molar refractivity (Wildman–Crippen MR) is 235 cm³/mol. The molecule has 2 aromatic rings. The van der Waals surface area contributed by atoms with E-state index in [1.165, 1.54) is 45.9 Å². The van der Waals surface area contributed by atoms with E-state index in [-0.39, 0.29) is 16.2 Å². The van der Waals surface area contributed by atoms with Gasteiger partial charge in [0.1, 0.15) is 14.1 Å². The van der Waals surface area contributed by atoms with Crippen molar-refractivity contribution in [3.8, 4) is 0 Å². The number of anilines is 1. The monoisotopic (exact) mass is 795 g/mol. The molecule has 4 rings (SSSR count). The van der Waals surface area contributed by atoms with Gasteiger partial charge < -0.3 is 29.8 Å². The maximum absolute atomic E-state index is 11.5. The number of hydrogen-bond acceptors (Lipinski definition) is 8. The van der Waals surface area contributed by atoms with Gasteiger partial charge in [-0.15, -0.1) is 0 Å². The fraction of sp³-hybridized carbons (Fsp3) is 0.500. The van der Waals surface area contributed by atoms with Gasteiger partial charge in [-0.1, -0.05) is 42.0 Å². The number of nitrogens with one attached hydrogen (secondary N) is 2. The molecule has 1 aliphatic carbocycles. The molecule has 0 spiro atoms. The molecule has 0 bridgehead atoms. The standard InChI is InChI=1S/C24H27N2.C12H30N4O3P2.C2H7OP.H3P/c1-18-6-8-19(9-7-18)24(20-10-14-22(15-11-20)25(2)3)21-12-16-23(17-13-21)26(4)5;1-20(17)11-15-7-3-13-5-9-16(12-21(2,18)19)10-6-14-4-8-15;1-3-4-2;/h6-17H,1-5H3;13-14,17H,3-12H2,1-2H3,(H,18,19);4H,1-2H3;1H3/q+1;;;. The summed E-state index contributed by atoms with van der Waals surface area (Å²) in [5, 5.41) is 6.75. The largest absolute Gasteiger partial charge is 0.378 e. The third-order valence-corrected chi connectivity index (χ3v) is 10.3. The molecule has 10 nitrogen and oxygen atoms in total. The molecule has 52 heavy (non-hydrogen) atoms. The Hall–Kier alpha value is -1.63. The highest BCUT2D eigenvalue weighted by molar-refractivity contribution is 7.57. The van der Waals surface area contributed by atoms with E-state index in [9.17, 15) is 14.4 Å². The van der Waals surface area contributed by atoms with E-state index in [2.05, 4.69) is 137 Å². The SMILES string of the molecule is COPC.CP(O)CN1CCNCCN(CP(C)(=O)O)CCNCC1.Cc1ccc(C(=C2C=CC(=[N+](C)C)C=C2)c2ccc(N(C)C)cc2)cc1.P. The second kappa shape index (κ2) is 26.2. The van der Waals surface area contributed by atoms with Crippen molar-refractivity contribution in [3.05, 3.63) is 95.1 Å². The fourth-order valence-corrected chi connectivity index (χ4v) is 7.33. The summed E-state index contributed by atoms with van der Waals surface area (Å²) in [6.45, 7) is 14.2. The summed E-state index contributed by atoms with van der Waals surface area (Å²) in [4.78, 5) is 25.5. The van der Waals surface area contributed by atoms with E-state index in [1.807, 2.05) is 18.2 Å². The van der Waals surface area contributed by atoms with Crippen LogP contribution in [0.25, 0.3) is 5.57 Å². The second-order valence-corrected chi connectivity index (χ2v) is 18.1. The zero-order chi connectivity index (χ0) is 37.8. The number of rotatable bonds is 8. The first-order valence-electron chi connectivity index (χ1n) is 17.5. The normalized spacial score (nSPS) is 17.7. The van der Waals surface area contributed by atoms with Gasteiger partial charge in [-0.3, -0.25) is 14.4 Å². The number of aryl methyl sites for hydroxylation is 1. The molecule has 1 heterocycles. The molecular formula is C38H67N6O4P4+. The smallest absolute Gasteiger partial charge is 0.211 e. The lowest BCUT2D eigenvalue weighted by atomic mass is 9.90. The molecule has 2 aromatic carbocycles. The van der Waals surface area contributed by atoms with Crippen molar-refractivity contribution in [1.29, 1.82) is 0 Å². The third kappa shape index (κ3) is 19.6. The van der Waals surface area contributed by atoms with Gasteiger partial charge in [0.2, 0.25) is 7.37 Å². The summed E-state index contributed by atoms with van der Waals surface area (Å²) in [6, 6.07) is 17.6. The van der Waals surface area contributed by atoms with Crippen LogP contribution in [0, 0.1) is 6.92 Å². The minimum absolute atomic E-state index is 0. The summed E-state index contributed by atoms with van der Waals surface area (Å²) in [6.07, 6.45) is 9.80. The van der Waals surface area contributed by atoms with Gasteiger partial charge in [0.05, 0.1) is 6.29 Å². The van der Waals surface area contributed by atoms with Gasteiger partial charge in [0, 0.05) is 121 Å². The quantitative estimate of drug-likeness (QED) is 0.211. The molecular weight excluding hydrogens is 728 g/mol. The highest BCUT2D eigenvalue weighted by atomic mass is 31.2.